The van der Waals surface area contributed by atoms with E-state index in [1.165, 1.54) is 37.3 Å². The topological polar surface area (TPSA) is 131 Å². The minimum Gasteiger partial charge on any atom is -0.508 e. The number of carboxylic acid groups (broad SMARTS) is 1. The number of primary amides is 1. The molecule has 3 rings (SSSR count). The number of phenols is 1. The SMILES string of the molecule is C/C=C(\C(=C/C)C(=O)O)c1c2ccc(=O)cc-2oc2cc(O)ccc12.CC(N)=O.SS. The summed E-state index contributed by atoms with van der Waals surface area (Å²) in [5, 5.41) is 19.9. The molecule has 0 radical (unpaired) electrons. The number of amides is 1. The van der Waals surface area contributed by atoms with Gasteiger partial charge in [0.15, 0.2) is 5.43 Å². The number of allylic oxidation sites excluding steroid dienone is 2. The van der Waals surface area contributed by atoms with E-state index in [1.54, 1.807) is 32.1 Å². The zero-order valence-corrected chi connectivity index (χ0v) is 18.9. The Labute approximate surface area is 189 Å². The lowest BCUT2D eigenvalue weighted by atomic mass is 9.89. The molecule has 164 valence electrons. The normalized spacial score (nSPS) is 11.3. The van der Waals surface area contributed by atoms with Gasteiger partial charge in [0.25, 0.3) is 0 Å². The predicted molar refractivity (Wildman–Crippen MR) is 129 cm³/mol. The second kappa shape index (κ2) is 11.9. The number of carboxylic acids is 1. The van der Waals surface area contributed by atoms with Crippen molar-refractivity contribution in [2.24, 2.45) is 5.73 Å². The molecule has 1 aliphatic carbocycles. The molecule has 1 amide bonds. The van der Waals surface area contributed by atoms with Gasteiger partial charge in [0.05, 0.1) is 5.57 Å². The largest absolute Gasteiger partial charge is 0.508 e. The fourth-order valence-corrected chi connectivity index (χ4v) is 2.98. The van der Waals surface area contributed by atoms with Gasteiger partial charge in [-0.05, 0) is 43.7 Å². The highest BCUT2D eigenvalue weighted by atomic mass is 33.1. The van der Waals surface area contributed by atoms with Gasteiger partial charge < -0.3 is 20.4 Å². The second-order valence-electron chi connectivity index (χ2n) is 6.14. The third-order valence-electron chi connectivity index (χ3n) is 4.04. The zero-order valence-electron chi connectivity index (χ0n) is 17.1. The average molecular weight is 462 g/mol. The molecule has 7 nitrogen and oxygen atoms in total. The first-order valence-electron chi connectivity index (χ1n) is 8.91. The average Bonchev–Trinajstić information content (AvgIpc) is 2.71. The molecule has 0 spiro atoms. The van der Waals surface area contributed by atoms with Crippen LogP contribution in [0.5, 0.6) is 5.75 Å². The summed E-state index contributed by atoms with van der Waals surface area (Å²) in [6.45, 7) is 4.72. The van der Waals surface area contributed by atoms with Gasteiger partial charge in [-0.2, -0.15) is 0 Å². The van der Waals surface area contributed by atoms with Gasteiger partial charge in [-0.3, -0.25) is 9.59 Å². The van der Waals surface area contributed by atoms with E-state index in [0.29, 0.717) is 33.4 Å². The van der Waals surface area contributed by atoms with Gasteiger partial charge in [0, 0.05) is 35.6 Å². The van der Waals surface area contributed by atoms with E-state index in [2.05, 4.69) is 29.1 Å². The summed E-state index contributed by atoms with van der Waals surface area (Å²) in [5.74, 6) is -1.02. The number of phenolic OH excluding ortho intramolecular Hbond substituents is 1. The molecule has 0 bridgehead atoms. The van der Waals surface area contributed by atoms with Crippen LogP contribution >= 0.6 is 23.3 Å². The smallest absolute Gasteiger partial charge is 0.335 e. The van der Waals surface area contributed by atoms with Crippen molar-refractivity contribution in [2.45, 2.75) is 20.8 Å². The maximum absolute atomic E-state index is 11.7. The number of benzene rings is 2. The van der Waals surface area contributed by atoms with Crippen molar-refractivity contribution in [3.05, 3.63) is 69.9 Å². The number of carbonyl (C=O) groups is 2. The Morgan fingerprint density at radius 1 is 1.06 bits per heavy atom. The molecule has 1 aliphatic heterocycles. The Kier molecular flexibility index (Phi) is 9.91. The third kappa shape index (κ3) is 6.40. The van der Waals surface area contributed by atoms with Crippen molar-refractivity contribution in [1.29, 1.82) is 0 Å². The number of rotatable bonds is 3. The van der Waals surface area contributed by atoms with Crippen LogP contribution < -0.4 is 11.2 Å². The number of thiol groups is 2. The van der Waals surface area contributed by atoms with Crippen molar-refractivity contribution in [3.8, 4) is 17.1 Å². The number of carbonyl (C=O) groups excluding carboxylic acids is 1. The maximum Gasteiger partial charge on any atom is 0.335 e. The lowest BCUT2D eigenvalue weighted by Crippen LogP contribution is -2.06. The van der Waals surface area contributed by atoms with E-state index in [1.807, 2.05) is 0 Å². The van der Waals surface area contributed by atoms with Gasteiger partial charge in [0.2, 0.25) is 5.91 Å². The van der Waals surface area contributed by atoms with E-state index in [4.69, 9.17) is 4.42 Å². The van der Waals surface area contributed by atoms with E-state index in [-0.39, 0.29) is 22.7 Å². The molecule has 31 heavy (non-hydrogen) atoms. The third-order valence-corrected chi connectivity index (χ3v) is 4.04. The predicted octanol–water partition coefficient (Wildman–Crippen LogP) is 4.29. The fourth-order valence-electron chi connectivity index (χ4n) is 2.98. The van der Waals surface area contributed by atoms with Crippen molar-refractivity contribution in [2.75, 3.05) is 0 Å². The zero-order chi connectivity index (χ0) is 23.7. The van der Waals surface area contributed by atoms with Crippen molar-refractivity contribution >= 4 is 51.7 Å². The minimum absolute atomic E-state index is 0.0198. The number of aliphatic carboxylic acids is 1. The quantitative estimate of drug-likeness (QED) is 0.130. The minimum atomic E-state index is -1.04. The van der Waals surface area contributed by atoms with Gasteiger partial charge in [0.1, 0.15) is 17.1 Å². The van der Waals surface area contributed by atoms with Gasteiger partial charge in [-0.15, -0.1) is 23.3 Å². The number of hydrogen-bond acceptors (Lipinski definition) is 7. The first kappa shape index (κ1) is 25.9. The highest BCUT2D eigenvalue weighted by Gasteiger charge is 2.23. The Morgan fingerprint density at radius 3 is 2.19 bits per heavy atom. The van der Waals surface area contributed by atoms with Gasteiger partial charge in [-0.25, -0.2) is 4.79 Å². The van der Waals surface area contributed by atoms with Crippen LogP contribution in [0.1, 0.15) is 26.3 Å². The highest BCUT2D eigenvalue weighted by Crippen LogP contribution is 2.40. The Bertz CT molecular complexity index is 1180. The molecule has 2 aliphatic rings. The van der Waals surface area contributed by atoms with Crippen LogP contribution in [0.25, 0.3) is 27.9 Å². The summed E-state index contributed by atoms with van der Waals surface area (Å²) in [6, 6.07) is 9.02. The molecule has 0 unspecified atom stereocenters. The van der Waals surface area contributed by atoms with Gasteiger partial charge in [-0.1, -0.05) is 12.2 Å². The summed E-state index contributed by atoms with van der Waals surface area (Å²) in [5.41, 5.74) is 6.57. The molecule has 0 saturated heterocycles. The van der Waals surface area contributed by atoms with Gasteiger partial charge >= 0.3 is 5.97 Å². The molecule has 0 saturated carbocycles. The summed E-state index contributed by atoms with van der Waals surface area (Å²) < 4.78 is 5.76. The summed E-state index contributed by atoms with van der Waals surface area (Å²) in [6.07, 6.45) is 3.25. The fraction of sp³-hybridized carbons (Fsp3) is 0.136. The van der Waals surface area contributed by atoms with Crippen LogP contribution in [0.3, 0.4) is 0 Å². The second-order valence-corrected chi connectivity index (χ2v) is 6.14. The van der Waals surface area contributed by atoms with Crippen LogP contribution in [-0.4, -0.2) is 22.1 Å². The number of fused-ring (bicyclic) bond motifs is 2. The monoisotopic (exact) mass is 461 g/mol. The van der Waals surface area contributed by atoms with E-state index in [9.17, 15) is 24.6 Å². The molecular weight excluding hydrogens is 438 g/mol. The Hall–Kier alpha value is -3.17. The molecule has 4 N–H and O–H groups in total. The van der Waals surface area contributed by atoms with Crippen LogP contribution in [0.4, 0.5) is 0 Å². The van der Waals surface area contributed by atoms with E-state index >= 15 is 0 Å². The van der Waals surface area contributed by atoms with Crippen LogP contribution in [-0.2, 0) is 9.59 Å². The Morgan fingerprint density at radius 2 is 1.68 bits per heavy atom. The molecule has 9 heteroatoms. The molecule has 1 aromatic carbocycles. The lowest BCUT2D eigenvalue weighted by Gasteiger charge is -2.17. The molecule has 0 fully saturated rings. The number of hydrogen-bond donors (Lipinski definition) is 5. The maximum atomic E-state index is 11.7. The number of nitrogens with two attached hydrogens (primary N) is 1. The van der Waals surface area contributed by atoms with E-state index < -0.39 is 5.97 Å². The van der Waals surface area contributed by atoms with Crippen LogP contribution in [0, 0.1) is 0 Å². The highest BCUT2D eigenvalue weighted by molar-refractivity contribution is 8.59. The molecule has 0 atom stereocenters. The summed E-state index contributed by atoms with van der Waals surface area (Å²) in [4.78, 5) is 32.6. The van der Waals surface area contributed by atoms with E-state index in [0.717, 1.165) is 0 Å². The summed E-state index contributed by atoms with van der Waals surface area (Å²) >= 11 is 6.44. The molecule has 0 aromatic heterocycles. The molecular formula is C22H23NO6S2. The summed E-state index contributed by atoms with van der Waals surface area (Å²) in [7, 11) is 0. The molecule has 1 aromatic rings. The standard InChI is InChI=1S/C20H16O5.C2H5NO.H2S2/c1-3-13(14(4-2)20(23)24)19-15-7-5-11(21)9-17(15)25-18-10-12(22)6-8-16(18)19;1-2(3)4;1-2/h3-10,21H,1-2H3,(H,23,24);1H3,(H2,3,4);1-2H/b13-3+,14-4+;;. The molecule has 1 heterocycles. The van der Waals surface area contributed by atoms with Crippen molar-refractivity contribution in [1.82, 2.24) is 0 Å². The van der Waals surface area contributed by atoms with Crippen molar-refractivity contribution < 1.29 is 24.2 Å². The lowest BCUT2D eigenvalue weighted by molar-refractivity contribution is -0.132. The Balaban J connectivity index is 0.000000720. The van der Waals surface area contributed by atoms with Crippen LogP contribution in [0.15, 0.2) is 63.3 Å². The van der Waals surface area contributed by atoms with Crippen LogP contribution in [0.2, 0.25) is 0 Å². The number of aromatic hydroxyl groups is 1. The first-order chi connectivity index (χ1) is 14.7. The first-order valence-corrected chi connectivity index (χ1v) is 10.5. The van der Waals surface area contributed by atoms with Crippen molar-refractivity contribution in [3.63, 3.8) is 0 Å².